The van der Waals surface area contributed by atoms with Crippen molar-refractivity contribution in [2.45, 2.75) is 30.7 Å². The maximum Gasteiger partial charge on any atom is 0.335 e. The van der Waals surface area contributed by atoms with Crippen molar-refractivity contribution in [1.29, 1.82) is 0 Å². The lowest BCUT2D eigenvalue weighted by Crippen LogP contribution is -2.46. The number of halogens is 1. The summed E-state index contributed by atoms with van der Waals surface area (Å²) in [6.07, 6.45) is 0.492. The molecule has 1 heterocycles. The number of hydrogen-bond acceptors (Lipinski definition) is 4. The molecule has 6 nitrogen and oxygen atoms in total. The van der Waals surface area contributed by atoms with Crippen LogP contribution in [0.3, 0.4) is 0 Å². The number of hydrogen-bond donors (Lipinski definition) is 2. The quantitative estimate of drug-likeness (QED) is 0.873. The number of aromatic carboxylic acids is 1. The SMILES string of the molecule is Cc1c(F)cc(C(=O)O)cc1S(=O)(=O)NC1(C)CCOC1. The van der Waals surface area contributed by atoms with Gasteiger partial charge in [-0.1, -0.05) is 0 Å². The zero-order valence-corrected chi connectivity index (χ0v) is 12.5. The van der Waals surface area contributed by atoms with Crippen LogP contribution in [0.1, 0.15) is 29.3 Å². The maximum absolute atomic E-state index is 13.8. The molecule has 0 spiro atoms. The van der Waals surface area contributed by atoms with Crippen molar-refractivity contribution in [1.82, 2.24) is 4.72 Å². The van der Waals surface area contributed by atoms with Gasteiger partial charge in [-0.2, -0.15) is 0 Å². The van der Waals surface area contributed by atoms with E-state index in [4.69, 9.17) is 9.84 Å². The molecule has 8 heteroatoms. The Kier molecular flexibility index (Phi) is 4.05. The van der Waals surface area contributed by atoms with E-state index in [1.165, 1.54) is 6.92 Å². The van der Waals surface area contributed by atoms with Crippen LogP contribution in [0.5, 0.6) is 0 Å². The average Bonchev–Trinajstić information content (AvgIpc) is 2.77. The smallest absolute Gasteiger partial charge is 0.335 e. The lowest BCUT2D eigenvalue weighted by atomic mass is 10.0. The van der Waals surface area contributed by atoms with Gasteiger partial charge in [0.15, 0.2) is 0 Å². The van der Waals surface area contributed by atoms with Gasteiger partial charge in [-0.25, -0.2) is 22.3 Å². The second-order valence-corrected chi connectivity index (χ2v) is 7.01. The molecule has 1 unspecified atom stereocenters. The number of ether oxygens (including phenoxy) is 1. The Morgan fingerprint density at radius 2 is 2.14 bits per heavy atom. The predicted octanol–water partition coefficient (Wildman–Crippen LogP) is 1.29. The molecular weight excluding hydrogens is 301 g/mol. The third kappa shape index (κ3) is 3.22. The van der Waals surface area contributed by atoms with Gasteiger partial charge in [-0.15, -0.1) is 0 Å². The van der Waals surface area contributed by atoms with E-state index in [1.807, 2.05) is 0 Å². The fraction of sp³-hybridized carbons (Fsp3) is 0.462. The van der Waals surface area contributed by atoms with Crippen LogP contribution in [0.15, 0.2) is 17.0 Å². The molecule has 1 saturated heterocycles. The summed E-state index contributed by atoms with van der Waals surface area (Å²) >= 11 is 0. The molecule has 2 rings (SSSR count). The maximum atomic E-state index is 13.8. The van der Waals surface area contributed by atoms with Gasteiger partial charge in [0.05, 0.1) is 22.6 Å². The molecule has 1 aliphatic heterocycles. The van der Waals surface area contributed by atoms with Gasteiger partial charge in [0.2, 0.25) is 10.0 Å². The van der Waals surface area contributed by atoms with Crippen LogP contribution in [0.2, 0.25) is 0 Å². The van der Waals surface area contributed by atoms with E-state index in [0.717, 1.165) is 12.1 Å². The zero-order chi connectivity index (χ0) is 15.8. The zero-order valence-electron chi connectivity index (χ0n) is 11.6. The molecule has 1 aromatic rings. The van der Waals surface area contributed by atoms with Gasteiger partial charge in [-0.3, -0.25) is 0 Å². The fourth-order valence-corrected chi connectivity index (χ4v) is 3.89. The van der Waals surface area contributed by atoms with Gasteiger partial charge < -0.3 is 9.84 Å². The fourth-order valence-electron chi connectivity index (χ4n) is 2.18. The van der Waals surface area contributed by atoms with Crippen LogP contribution in [-0.2, 0) is 14.8 Å². The van der Waals surface area contributed by atoms with Gasteiger partial charge >= 0.3 is 5.97 Å². The van der Waals surface area contributed by atoms with Gasteiger partial charge in [0, 0.05) is 12.2 Å². The highest BCUT2D eigenvalue weighted by Gasteiger charge is 2.35. The summed E-state index contributed by atoms with van der Waals surface area (Å²) in [6.45, 7) is 3.63. The second kappa shape index (κ2) is 5.36. The number of carbonyl (C=O) groups is 1. The topological polar surface area (TPSA) is 92.7 Å². The first kappa shape index (κ1) is 15.9. The molecule has 0 saturated carbocycles. The van der Waals surface area contributed by atoms with E-state index in [9.17, 15) is 17.6 Å². The van der Waals surface area contributed by atoms with Crippen molar-refractivity contribution >= 4 is 16.0 Å². The van der Waals surface area contributed by atoms with Gasteiger partial charge in [-0.05, 0) is 32.4 Å². The van der Waals surface area contributed by atoms with Crippen molar-refractivity contribution in [3.05, 3.63) is 29.1 Å². The summed E-state index contributed by atoms with van der Waals surface area (Å²) < 4.78 is 46.2. The van der Waals surface area contributed by atoms with Crippen molar-refractivity contribution in [3.63, 3.8) is 0 Å². The van der Waals surface area contributed by atoms with Crippen LogP contribution in [0.4, 0.5) is 4.39 Å². The standard InChI is InChI=1S/C13H16FNO5S/c1-8-10(14)5-9(12(16)17)6-11(8)21(18,19)15-13(2)3-4-20-7-13/h5-6,15H,3-4,7H2,1-2H3,(H,16,17). The minimum atomic E-state index is -4.04. The third-order valence-corrected chi connectivity index (χ3v) is 5.20. The third-order valence-electron chi connectivity index (χ3n) is 3.43. The lowest BCUT2D eigenvalue weighted by molar-refractivity contribution is 0.0696. The van der Waals surface area contributed by atoms with Crippen LogP contribution in [0, 0.1) is 12.7 Å². The lowest BCUT2D eigenvalue weighted by Gasteiger charge is -2.24. The Hall–Kier alpha value is -1.51. The minimum Gasteiger partial charge on any atom is -0.478 e. The predicted molar refractivity (Wildman–Crippen MR) is 72.3 cm³/mol. The number of carboxylic acid groups (broad SMARTS) is 1. The van der Waals surface area contributed by atoms with Crippen LogP contribution >= 0.6 is 0 Å². The molecular formula is C13H16FNO5S. The van der Waals surface area contributed by atoms with Crippen LogP contribution in [-0.4, -0.2) is 38.2 Å². The second-order valence-electron chi connectivity index (χ2n) is 5.36. The number of benzene rings is 1. The van der Waals surface area contributed by atoms with Crippen molar-refractivity contribution in [2.75, 3.05) is 13.2 Å². The average molecular weight is 317 g/mol. The first-order chi connectivity index (χ1) is 9.65. The Morgan fingerprint density at radius 1 is 1.48 bits per heavy atom. The Morgan fingerprint density at radius 3 is 2.67 bits per heavy atom. The van der Waals surface area contributed by atoms with Crippen LogP contribution < -0.4 is 4.72 Å². The Bertz CT molecular complexity index is 680. The Labute approximate surface area is 122 Å². The molecule has 1 aromatic carbocycles. The summed E-state index contributed by atoms with van der Waals surface area (Å²) in [4.78, 5) is 10.6. The molecule has 1 atom stereocenters. The number of nitrogens with one attached hydrogen (secondary N) is 1. The Balaban J connectivity index is 2.46. The monoisotopic (exact) mass is 317 g/mol. The summed E-state index contributed by atoms with van der Waals surface area (Å²) in [5, 5.41) is 8.92. The molecule has 0 bridgehead atoms. The van der Waals surface area contributed by atoms with E-state index in [1.54, 1.807) is 6.92 Å². The number of rotatable bonds is 4. The molecule has 2 N–H and O–H groups in total. The molecule has 1 fully saturated rings. The van der Waals surface area contributed by atoms with Gasteiger partial charge in [0.25, 0.3) is 0 Å². The highest BCUT2D eigenvalue weighted by atomic mass is 32.2. The van der Waals surface area contributed by atoms with E-state index in [2.05, 4.69) is 4.72 Å². The molecule has 0 aromatic heterocycles. The highest BCUT2D eigenvalue weighted by molar-refractivity contribution is 7.89. The number of sulfonamides is 1. The molecule has 0 radical (unpaired) electrons. The molecule has 0 aliphatic carbocycles. The summed E-state index contributed by atoms with van der Waals surface area (Å²) in [5.41, 5.74) is -1.30. The highest BCUT2D eigenvalue weighted by Crippen LogP contribution is 2.25. The minimum absolute atomic E-state index is 0.116. The van der Waals surface area contributed by atoms with Gasteiger partial charge in [0.1, 0.15) is 5.82 Å². The van der Waals surface area contributed by atoms with Crippen molar-refractivity contribution < 1.29 is 27.4 Å². The molecule has 21 heavy (non-hydrogen) atoms. The van der Waals surface area contributed by atoms with E-state index in [-0.39, 0.29) is 17.1 Å². The van der Waals surface area contributed by atoms with E-state index in [0.29, 0.717) is 13.0 Å². The first-order valence-electron chi connectivity index (χ1n) is 6.30. The normalized spacial score (nSPS) is 22.4. The van der Waals surface area contributed by atoms with Crippen molar-refractivity contribution in [3.8, 4) is 0 Å². The molecule has 116 valence electrons. The van der Waals surface area contributed by atoms with Crippen molar-refractivity contribution in [2.24, 2.45) is 0 Å². The van der Waals surface area contributed by atoms with E-state index < -0.39 is 32.9 Å². The van der Waals surface area contributed by atoms with E-state index >= 15 is 0 Å². The molecule has 1 aliphatic rings. The largest absolute Gasteiger partial charge is 0.478 e. The number of carboxylic acids is 1. The summed E-state index contributed by atoms with van der Waals surface area (Å²) in [7, 11) is -4.04. The van der Waals surface area contributed by atoms with Crippen LogP contribution in [0.25, 0.3) is 0 Å². The summed E-state index contributed by atoms with van der Waals surface area (Å²) in [5.74, 6) is -2.26. The first-order valence-corrected chi connectivity index (χ1v) is 7.78. The summed E-state index contributed by atoms with van der Waals surface area (Å²) in [6, 6.07) is 1.76. The molecule has 0 amide bonds.